The molecule has 0 bridgehead atoms. The molecule has 1 N–H and O–H groups in total. The van der Waals surface area contributed by atoms with Crippen LogP contribution in [-0.4, -0.2) is 12.6 Å². The van der Waals surface area contributed by atoms with Crippen LogP contribution in [0.3, 0.4) is 0 Å². The van der Waals surface area contributed by atoms with Crippen LogP contribution in [0.4, 0.5) is 0 Å². The molecule has 1 aliphatic rings. The first-order valence-electron chi connectivity index (χ1n) is 6.28. The molecule has 0 heterocycles. The third-order valence-corrected chi connectivity index (χ3v) is 3.76. The zero-order valence-electron chi connectivity index (χ0n) is 10.1. The van der Waals surface area contributed by atoms with Crippen molar-refractivity contribution in [3.63, 3.8) is 0 Å². The summed E-state index contributed by atoms with van der Waals surface area (Å²) in [5, 5.41) is 3.69. The van der Waals surface area contributed by atoms with E-state index in [9.17, 15) is 0 Å². The fourth-order valence-corrected chi connectivity index (χ4v) is 2.59. The summed E-state index contributed by atoms with van der Waals surface area (Å²) in [6, 6.07) is 11.0. The molecule has 0 amide bonds. The van der Waals surface area contributed by atoms with Gasteiger partial charge in [-0.25, -0.2) is 0 Å². The second-order valence-corrected chi connectivity index (χ2v) is 5.15. The van der Waals surface area contributed by atoms with E-state index in [-0.39, 0.29) is 17.8 Å². The lowest BCUT2D eigenvalue weighted by Crippen LogP contribution is -2.33. The van der Waals surface area contributed by atoms with Crippen molar-refractivity contribution in [1.82, 2.24) is 5.32 Å². The van der Waals surface area contributed by atoms with Crippen molar-refractivity contribution in [3.8, 4) is 0 Å². The van der Waals surface area contributed by atoms with Crippen LogP contribution in [0.25, 0.3) is 0 Å². The van der Waals surface area contributed by atoms with Gasteiger partial charge in [0.05, 0.1) is 5.38 Å². The van der Waals surface area contributed by atoms with Crippen LogP contribution in [0.1, 0.15) is 43.0 Å². The van der Waals surface area contributed by atoms with Gasteiger partial charge in [-0.05, 0) is 18.4 Å². The molecule has 0 radical (unpaired) electrons. The SMILES string of the molecule is Cl.ClC(CNC1CCCCC1)c1ccccc1. The van der Waals surface area contributed by atoms with Gasteiger partial charge in [-0.1, -0.05) is 49.6 Å². The van der Waals surface area contributed by atoms with Crippen LogP contribution in [0.5, 0.6) is 0 Å². The number of hydrogen-bond donors (Lipinski definition) is 1. The minimum absolute atomic E-state index is 0. The molecule has 1 unspecified atom stereocenters. The predicted octanol–water partition coefficient (Wildman–Crippen LogP) is 4.31. The fraction of sp³-hybridized carbons (Fsp3) is 0.571. The summed E-state index contributed by atoms with van der Waals surface area (Å²) in [5.41, 5.74) is 1.22. The minimum atomic E-state index is 0. The van der Waals surface area contributed by atoms with Crippen molar-refractivity contribution in [1.29, 1.82) is 0 Å². The summed E-state index contributed by atoms with van der Waals surface area (Å²) >= 11 is 6.36. The van der Waals surface area contributed by atoms with Crippen molar-refractivity contribution in [2.75, 3.05) is 6.54 Å². The van der Waals surface area contributed by atoms with Crippen LogP contribution in [0.15, 0.2) is 30.3 Å². The van der Waals surface area contributed by atoms with Gasteiger partial charge in [0, 0.05) is 12.6 Å². The quantitative estimate of drug-likeness (QED) is 0.807. The number of nitrogens with one attached hydrogen (secondary N) is 1. The monoisotopic (exact) mass is 273 g/mol. The fourth-order valence-electron chi connectivity index (χ4n) is 2.36. The Kier molecular flexibility index (Phi) is 6.94. The van der Waals surface area contributed by atoms with E-state index < -0.39 is 0 Å². The molecule has 1 aliphatic carbocycles. The topological polar surface area (TPSA) is 12.0 Å². The van der Waals surface area contributed by atoms with Crippen LogP contribution >= 0.6 is 24.0 Å². The molecule has 0 aromatic heterocycles. The average Bonchev–Trinajstić information content (AvgIpc) is 2.38. The third kappa shape index (κ3) is 4.87. The van der Waals surface area contributed by atoms with Gasteiger partial charge in [-0.2, -0.15) is 0 Å². The van der Waals surface area contributed by atoms with E-state index in [4.69, 9.17) is 11.6 Å². The van der Waals surface area contributed by atoms with Crippen molar-refractivity contribution >= 4 is 24.0 Å². The van der Waals surface area contributed by atoms with Crippen molar-refractivity contribution < 1.29 is 0 Å². The number of rotatable bonds is 4. The summed E-state index contributed by atoms with van der Waals surface area (Å²) in [5.74, 6) is 0. The zero-order chi connectivity index (χ0) is 11.2. The lowest BCUT2D eigenvalue weighted by molar-refractivity contribution is 0.374. The Morgan fingerprint density at radius 1 is 1.12 bits per heavy atom. The van der Waals surface area contributed by atoms with Crippen LogP contribution in [-0.2, 0) is 0 Å². The Morgan fingerprint density at radius 3 is 2.41 bits per heavy atom. The van der Waals surface area contributed by atoms with Crippen LogP contribution in [0.2, 0.25) is 0 Å². The predicted molar refractivity (Wildman–Crippen MR) is 77.2 cm³/mol. The van der Waals surface area contributed by atoms with Crippen molar-refractivity contribution in [2.24, 2.45) is 0 Å². The first-order chi connectivity index (χ1) is 7.86. The maximum Gasteiger partial charge on any atom is 0.0709 e. The molecule has 1 aromatic carbocycles. The first kappa shape index (κ1) is 14.8. The molecule has 17 heavy (non-hydrogen) atoms. The molecule has 96 valence electrons. The van der Waals surface area contributed by atoms with Gasteiger partial charge in [0.15, 0.2) is 0 Å². The molecule has 0 saturated heterocycles. The molecular weight excluding hydrogens is 253 g/mol. The normalized spacial score (nSPS) is 18.4. The standard InChI is InChI=1S/C14H20ClN.ClH/c15-14(12-7-3-1-4-8-12)11-16-13-9-5-2-6-10-13;/h1,3-4,7-8,13-14,16H,2,5-6,9-11H2;1H. The van der Waals surface area contributed by atoms with E-state index >= 15 is 0 Å². The minimum Gasteiger partial charge on any atom is -0.312 e. The van der Waals surface area contributed by atoms with E-state index in [1.165, 1.54) is 37.7 Å². The highest BCUT2D eigenvalue weighted by Gasteiger charge is 2.14. The molecule has 3 heteroatoms. The summed E-state index contributed by atoms with van der Waals surface area (Å²) in [7, 11) is 0. The summed E-state index contributed by atoms with van der Waals surface area (Å²) in [6.07, 6.45) is 6.78. The Labute approximate surface area is 115 Å². The smallest absolute Gasteiger partial charge is 0.0709 e. The summed E-state index contributed by atoms with van der Waals surface area (Å²) in [4.78, 5) is 0. The molecule has 0 spiro atoms. The average molecular weight is 274 g/mol. The molecule has 1 fully saturated rings. The third-order valence-electron chi connectivity index (χ3n) is 3.35. The number of benzene rings is 1. The van der Waals surface area contributed by atoms with Gasteiger partial charge in [-0.15, -0.1) is 24.0 Å². The highest BCUT2D eigenvalue weighted by molar-refractivity contribution is 6.21. The number of alkyl halides is 1. The molecular formula is C14H21Cl2N. The van der Waals surface area contributed by atoms with Crippen molar-refractivity contribution in [3.05, 3.63) is 35.9 Å². The maximum atomic E-state index is 6.36. The van der Waals surface area contributed by atoms with Crippen LogP contribution < -0.4 is 5.32 Å². The van der Waals surface area contributed by atoms with E-state index in [1.807, 2.05) is 18.2 Å². The van der Waals surface area contributed by atoms with Gasteiger partial charge in [0.2, 0.25) is 0 Å². The molecule has 1 aromatic rings. The Morgan fingerprint density at radius 2 is 1.76 bits per heavy atom. The molecule has 1 atom stereocenters. The van der Waals surface area contributed by atoms with Gasteiger partial charge < -0.3 is 5.32 Å². The first-order valence-corrected chi connectivity index (χ1v) is 6.72. The highest BCUT2D eigenvalue weighted by Crippen LogP contribution is 2.21. The number of halogens is 2. The Bertz CT molecular complexity index is 296. The van der Waals surface area contributed by atoms with Crippen LogP contribution in [0, 0.1) is 0 Å². The number of hydrogen-bond acceptors (Lipinski definition) is 1. The van der Waals surface area contributed by atoms with E-state index in [1.54, 1.807) is 0 Å². The van der Waals surface area contributed by atoms with Gasteiger partial charge >= 0.3 is 0 Å². The Balaban J connectivity index is 0.00000144. The molecule has 2 rings (SSSR count). The lowest BCUT2D eigenvalue weighted by Gasteiger charge is -2.24. The van der Waals surface area contributed by atoms with E-state index in [2.05, 4.69) is 17.4 Å². The highest BCUT2D eigenvalue weighted by atomic mass is 35.5. The summed E-state index contributed by atoms with van der Waals surface area (Å²) < 4.78 is 0. The van der Waals surface area contributed by atoms with Gasteiger partial charge in [-0.3, -0.25) is 0 Å². The largest absolute Gasteiger partial charge is 0.312 e. The second kappa shape index (κ2) is 7.97. The Hall–Kier alpha value is -0.240. The zero-order valence-corrected chi connectivity index (χ0v) is 11.6. The molecule has 0 aliphatic heterocycles. The lowest BCUT2D eigenvalue weighted by atomic mass is 9.95. The van der Waals surface area contributed by atoms with E-state index in [0.29, 0.717) is 6.04 Å². The van der Waals surface area contributed by atoms with E-state index in [0.717, 1.165) is 6.54 Å². The van der Waals surface area contributed by atoms with Crippen molar-refractivity contribution in [2.45, 2.75) is 43.5 Å². The second-order valence-electron chi connectivity index (χ2n) is 4.62. The molecule has 1 saturated carbocycles. The van der Waals surface area contributed by atoms with Gasteiger partial charge in [0.25, 0.3) is 0 Å². The molecule has 1 nitrogen and oxygen atoms in total. The maximum absolute atomic E-state index is 6.36. The van der Waals surface area contributed by atoms with Gasteiger partial charge in [0.1, 0.15) is 0 Å². The summed E-state index contributed by atoms with van der Waals surface area (Å²) in [6.45, 7) is 0.885.